The average molecular weight is 282 g/mol. The minimum Gasteiger partial charge on any atom is -0.481 e. The van der Waals surface area contributed by atoms with Gasteiger partial charge < -0.3 is 9.52 Å². The molecule has 17 heavy (non-hydrogen) atoms. The lowest BCUT2D eigenvalue weighted by atomic mass is 10.1. The molecule has 6 nitrogen and oxygen atoms in total. The van der Waals surface area contributed by atoms with Crippen LogP contribution in [0.3, 0.4) is 0 Å². The zero-order valence-corrected chi connectivity index (χ0v) is 10.4. The molecule has 1 aromatic heterocycles. The molecule has 2 rings (SSSR count). The third-order valence-electron chi connectivity index (χ3n) is 2.59. The molecule has 2 heterocycles. The van der Waals surface area contributed by atoms with Crippen molar-refractivity contribution in [2.24, 2.45) is 5.92 Å². The number of carboxylic acid groups (broad SMARTS) is 1. The zero-order chi connectivity index (χ0) is 11.8. The molecule has 1 unspecified atom stereocenters. The molecule has 96 valence electrons. The zero-order valence-electron chi connectivity index (χ0n) is 8.77. The predicted molar refractivity (Wildman–Crippen MR) is 60.5 cm³/mol. The van der Waals surface area contributed by atoms with Crippen LogP contribution in [0, 0.1) is 5.92 Å². The average Bonchev–Trinajstić information content (AvgIpc) is 2.90. The van der Waals surface area contributed by atoms with Gasteiger partial charge in [0.1, 0.15) is 0 Å². The summed E-state index contributed by atoms with van der Waals surface area (Å²) in [6, 6.07) is 2.83. The number of sulfonamides is 1. The maximum absolute atomic E-state index is 11.9. The van der Waals surface area contributed by atoms with Crippen LogP contribution in [0.1, 0.15) is 6.42 Å². The number of hydrogen-bond acceptors (Lipinski definition) is 4. The van der Waals surface area contributed by atoms with Crippen molar-refractivity contribution in [1.29, 1.82) is 0 Å². The van der Waals surface area contributed by atoms with E-state index in [4.69, 9.17) is 9.52 Å². The van der Waals surface area contributed by atoms with Crippen molar-refractivity contribution < 1.29 is 22.7 Å². The summed E-state index contributed by atoms with van der Waals surface area (Å²) in [4.78, 5) is 10.7. The Hall–Kier alpha value is -1.05. The van der Waals surface area contributed by atoms with E-state index in [9.17, 15) is 13.2 Å². The van der Waals surface area contributed by atoms with Gasteiger partial charge in [0.25, 0.3) is 10.0 Å². The van der Waals surface area contributed by atoms with Gasteiger partial charge in [0.15, 0.2) is 0 Å². The molecule has 1 saturated heterocycles. The van der Waals surface area contributed by atoms with Crippen LogP contribution >= 0.6 is 12.4 Å². The summed E-state index contributed by atoms with van der Waals surface area (Å²) in [5, 5.41) is 8.64. The van der Waals surface area contributed by atoms with E-state index >= 15 is 0 Å². The highest BCUT2D eigenvalue weighted by Gasteiger charge is 2.36. The summed E-state index contributed by atoms with van der Waals surface area (Å²) in [6.45, 7) is 0.234. The molecule has 0 bridgehead atoms. The Bertz CT molecular complexity index is 483. The second-order valence-corrected chi connectivity index (χ2v) is 5.49. The quantitative estimate of drug-likeness (QED) is 0.885. The highest BCUT2D eigenvalue weighted by molar-refractivity contribution is 7.89. The van der Waals surface area contributed by atoms with Crippen LogP contribution < -0.4 is 0 Å². The van der Waals surface area contributed by atoms with Crippen molar-refractivity contribution in [3.05, 3.63) is 18.4 Å². The molecule has 1 aromatic rings. The molecule has 0 radical (unpaired) electrons. The van der Waals surface area contributed by atoms with E-state index in [2.05, 4.69) is 0 Å². The molecular formula is C9H12ClNO5S. The third kappa shape index (κ3) is 2.62. The first-order chi connectivity index (χ1) is 7.51. The predicted octanol–water partition coefficient (Wildman–Crippen LogP) is 0.797. The van der Waals surface area contributed by atoms with Gasteiger partial charge in [0, 0.05) is 13.1 Å². The molecule has 1 fully saturated rings. The molecular weight excluding hydrogens is 270 g/mol. The molecule has 1 aliphatic heterocycles. The SMILES string of the molecule is Cl.O=C(O)C1CCN(S(=O)(=O)c2ccco2)C1. The van der Waals surface area contributed by atoms with Gasteiger partial charge in [-0.25, -0.2) is 8.42 Å². The second kappa shape index (κ2) is 5.07. The first kappa shape index (κ1) is 14.0. The van der Waals surface area contributed by atoms with E-state index < -0.39 is 21.9 Å². The van der Waals surface area contributed by atoms with E-state index in [1.165, 1.54) is 18.4 Å². The topological polar surface area (TPSA) is 87.8 Å². The molecule has 0 amide bonds. The van der Waals surface area contributed by atoms with E-state index in [1.807, 2.05) is 0 Å². The fourth-order valence-corrected chi connectivity index (χ4v) is 3.09. The Balaban J connectivity index is 0.00000144. The van der Waals surface area contributed by atoms with E-state index in [0.717, 1.165) is 4.31 Å². The summed E-state index contributed by atoms with van der Waals surface area (Å²) in [7, 11) is -3.66. The van der Waals surface area contributed by atoms with Crippen molar-refractivity contribution in [3.63, 3.8) is 0 Å². The molecule has 0 saturated carbocycles. The Labute approximate surface area is 105 Å². The van der Waals surface area contributed by atoms with Gasteiger partial charge in [-0.05, 0) is 18.6 Å². The Morgan fingerprint density at radius 3 is 2.71 bits per heavy atom. The van der Waals surface area contributed by atoms with Crippen molar-refractivity contribution in [2.45, 2.75) is 11.5 Å². The number of aliphatic carboxylic acids is 1. The maximum Gasteiger partial charge on any atom is 0.307 e. The van der Waals surface area contributed by atoms with E-state index in [1.54, 1.807) is 0 Å². The highest BCUT2D eigenvalue weighted by Crippen LogP contribution is 2.24. The van der Waals surface area contributed by atoms with E-state index in [-0.39, 0.29) is 30.6 Å². The van der Waals surface area contributed by atoms with Crippen LogP contribution in [0.15, 0.2) is 27.9 Å². The summed E-state index contributed by atoms with van der Waals surface area (Å²) in [6.07, 6.45) is 1.62. The number of rotatable bonds is 3. The smallest absolute Gasteiger partial charge is 0.307 e. The second-order valence-electron chi connectivity index (χ2n) is 3.62. The molecule has 1 atom stereocenters. The maximum atomic E-state index is 11.9. The highest BCUT2D eigenvalue weighted by atomic mass is 35.5. The van der Waals surface area contributed by atoms with Crippen molar-refractivity contribution in [2.75, 3.05) is 13.1 Å². The first-order valence-corrected chi connectivity index (χ1v) is 6.22. The normalized spacial score (nSPS) is 21.1. The van der Waals surface area contributed by atoms with Crippen LogP contribution in [-0.2, 0) is 14.8 Å². The van der Waals surface area contributed by atoms with Crippen molar-refractivity contribution in [3.8, 4) is 0 Å². The van der Waals surface area contributed by atoms with Crippen molar-refractivity contribution in [1.82, 2.24) is 4.31 Å². The number of hydrogen-bond donors (Lipinski definition) is 1. The minimum absolute atomic E-state index is 0. The fraction of sp³-hybridized carbons (Fsp3) is 0.444. The van der Waals surface area contributed by atoms with Gasteiger partial charge >= 0.3 is 5.97 Å². The number of nitrogens with zero attached hydrogens (tertiary/aromatic N) is 1. The van der Waals surface area contributed by atoms with Gasteiger partial charge in [-0.3, -0.25) is 4.79 Å². The third-order valence-corrected chi connectivity index (χ3v) is 4.34. The Morgan fingerprint density at radius 1 is 1.53 bits per heavy atom. The largest absolute Gasteiger partial charge is 0.481 e. The van der Waals surface area contributed by atoms with Crippen LogP contribution in [-0.4, -0.2) is 36.9 Å². The van der Waals surface area contributed by atoms with Crippen LogP contribution in [0.2, 0.25) is 0 Å². The Kier molecular flexibility index (Phi) is 4.18. The number of furan rings is 1. The number of halogens is 1. The van der Waals surface area contributed by atoms with Crippen LogP contribution in [0.4, 0.5) is 0 Å². The van der Waals surface area contributed by atoms with Gasteiger partial charge in [-0.1, -0.05) is 0 Å². The standard InChI is InChI=1S/C9H11NO5S.ClH/c11-9(12)7-3-4-10(6-7)16(13,14)8-2-1-5-15-8;/h1-2,5,7H,3-4,6H2,(H,11,12);1H. The molecule has 1 N–H and O–H groups in total. The van der Waals surface area contributed by atoms with E-state index in [0.29, 0.717) is 6.42 Å². The fourth-order valence-electron chi connectivity index (χ4n) is 1.69. The molecule has 1 aliphatic rings. The van der Waals surface area contributed by atoms with Gasteiger partial charge in [-0.2, -0.15) is 4.31 Å². The van der Waals surface area contributed by atoms with Crippen LogP contribution in [0.5, 0.6) is 0 Å². The van der Waals surface area contributed by atoms with Gasteiger partial charge in [0.05, 0.1) is 12.2 Å². The first-order valence-electron chi connectivity index (χ1n) is 4.78. The van der Waals surface area contributed by atoms with Gasteiger partial charge in [-0.15, -0.1) is 12.4 Å². The lowest BCUT2D eigenvalue weighted by Gasteiger charge is -2.13. The number of carbonyl (C=O) groups is 1. The minimum atomic E-state index is -3.66. The molecule has 0 aliphatic carbocycles. The Morgan fingerprint density at radius 2 is 2.24 bits per heavy atom. The molecule has 0 aromatic carbocycles. The van der Waals surface area contributed by atoms with Crippen molar-refractivity contribution >= 4 is 28.4 Å². The lowest BCUT2D eigenvalue weighted by Crippen LogP contribution is -2.29. The summed E-state index contributed by atoms with van der Waals surface area (Å²) in [5.41, 5.74) is 0. The monoisotopic (exact) mass is 281 g/mol. The summed E-state index contributed by atoms with van der Waals surface area (Å²) >= 11 is 0. The summed E-state index contributed by atoms with van der Waals surface area (Å²) in [5.74, 6) is -1.58. The molecule has 8 heteroatoms. The lowest BCUT2D eigenvalue weighted by molar-refractivity contribution is -0.141. The molecule has 0 spiro atoms. The van der Waals surface area contributed by atoms with Crippen LogP contribution in [0.25, 0.3) is 0 Å². The summed E-state index contributed by atoms with van der Waals surface area (Å²) < 4.78 is 29.8. The van der Waals surface area contributed by atoms with Gasteiger partial charge in [0.2, 0.25) is 5.09 Å². The number of carboxylic acids is 1.